The van der Waals surface area contributed by atoms with Crippen LogP contribution in [-0.2, 0) is 11.2 Å². The average molecular weight is 209 g/mol. The summed E-state index contributed by atoms with van der Waals surface area (Å²) >= 11 is 0. The van der Waals surface area contributed by atoms with E-state index in [1.165, 1.54) is 6.92 Å². The van der Waals surface area contributed by atoms with E-state index in [4.69, 9.17) is 10.8 Å². The lowest BCUT2D eigenvalue weighted by Crippen LogP contribution is -2.52. The molecule has 0 aliphatic carbocycles. The molecule has 1 unspecified atom stereocenters. The summed E-state index contributed by atoms with van der Waals surface area (Å²) in [6, 6.07) is 7.88. The van der Waals surface area contributed by atoms with Gasteiger partial charge >= 0.3 is 5.97 Å². The Morgan fingerprint density at radius 3 is 2.47 bits per heavy atom. The predicted molar refractivity (Wildman–Crippen MR) is 56.4 cm³/mol. The number of carboxylic acid groups (broad SMARTS) is 1. The fraction of sp³-hybridized carbons (Fsp3) is 0.364. The van der Waals surface area contributed by atoms with Crippen LogP contribution in [0.2, 0.25) is 0 Å². The molecule has 0 radical (unpaired) electrons. The molecule has 4 heteroatoms. The van der Waals surface area contributed by atoms with Gasteiger partial charge in [-0.25, -0.2) is 0 Å². The van der Waals surface area contributed by atoms with Gasteiger partial charge in [-0.2, -0.15) is 0 Å². The zero-order valence-electron chi connectivity index (χ0n) is 8.55. The molecule has 4 N–H and O–H groups in total. The van der Waals surface area contributed by atoms with Crippen LogP contribution in [0, 0.1) is 0 Å². The number of rotatable bonds is 4. The first kappa shape index (κ1) is 11.7. The van der Waals surface area contributed by atoms with E-state index >= 15 is 0 Å². The summed E-state index contributed by atoms with van der Waals surface area (Å²) in [5.41, 5.74) is 4.82. The molecular formula is C11H15NO3. The van der Waals surface area contributed by atoms with Gasteiger partial charge in [0.25, 0.3) is 0 Å². The third-order valence-electron chi connectivity index (χ3n) is 2.34. The summed E-state index contributed by atoms with van der Waals surface area (Å²) in [5.74, 6) is -1.20. The van der Waals surface area contributed by atoms with Crippen molar-refractivity contribution in [2.24, 2.45) is 5.73 Å². The van der Waals surface area contributed by atoms with Crippen LogP contribution in [0.1, 0.15) is 12.5 Å². The molecule has 0 saturated carbocycles. The molecule has 0 amide bonds. The van der Waals surface area contributed by atoms with Gasteiger partial charge in [0.2, 0.25) is 0 Å². The van der Waals surface area contributed by atoms with E-state index in [-0.39, 0.29) is 6.42 Å². The van der Waals surface area contributed by atoms with Crippen LogP contribution in [0.3, 0.4) is 0 Å². The Balaban J connectivity index is 2.76. The highest BCUT2D eigenvalue weighted by Crippen LogP contribution is 2.16. The van der Waals surface area contributed by atoms with E-state index in [1.807, 2.05) is 30.3 Å². The first-order chi connectivity index (χ1) is 6.93. The fourth-order valence-corrected chi connectivity index (χ4v) is 1.39. The van der Waals surface area contributed by atoms with E-state index in [0.29, 0.717) is 0 Å². The quantitative estimate of drug-likeness (QED) is 0.670. The molecule has 15 heavy (non-hydrogen) atoms. The number of aliphatic hydroxyl groups is 1. The lowest BCUT2D eigenvalue weighted by atomic mass is 9.89. The van der Waals surface area contributed by atoms with Crippen LogP contribution in [-0.4, -0.2) is 27.8 Å². The summed E-state index contributed by atoms with van der Waals surface area (Å²) in [6.45, 7) is 1.43. The van der Waals surface area contributed by atoms with Gasteiger partial charge in [-0.1, -0.05) is 30.3 Å². The molecule has 0 aliphatic rings. The largest absolute Gasteiger partial charge is 0.480 e. The van der Waals surface area contributed by atoms with Gasteiger partial charge in [0.15, 0.2) is 0 Å². The van der Waals surface area contributed by atoms with Crippen molar-refractivity contribution in [1.82, 2.24) is 0 Å². The Hall–Kier alpha value is -1.39. The van der Waals surface area contributed by atoms with Gasteiger partial charge < -0.3 is 15.9 Å². The van der Waals surface area contributed by atoms with Crippen molar-refractivity contribution in [3.05, 3.63) is 35.9 Å². The summed E-state index contributed by atoms with van der Waals surface area (Å²) in [4.78, 5) is 10.7. The molecule has 1 rings (SSSR count). The smallest absolute Gasteiger partial charge is 0.323 e. The van der Waals surface area contributed by atoms with Crippen molar-refractivity contribution in [2.45, 2.75) is 25.0 Å². The van der Waals surface area contributed by atoms with Gasteiger partial charge in [0.05, 0.1) is 5.60 Å². The Bertz CT molecular complexity index is 335. The minimum Gasteiger partial charge on any atom is -0.480 e. The SMILES string of the molecule is CC(O)(Cc1ccccc1)[C@H](N)C(=O)O. The normalized spacial score (nSPS) is 16.7. The van der Waals surface area contributed by atoms with E-state index in [2.05, 4.69) is 0 Å². The van der Waals surface area contributed by atoms with Crippen LogP contribution >= 0.6 is 0 Å². The van der Waals surface area contributed by atoms with Crippen molar-refractivity contribution < 1.29 is 15.0 Å². The monoisotopic (exact) mass is 209 g/mol. The third-order valence-corrected chi connectivity index (χ3v) is 2.34. The van der Waals surface area contributed by atoms with Crippen LogP contribution in [0.5, 0.6) is 0 Å². The van der Waals surface area contributed by atoms with Crippen LogP contribution < -0.4 is 5.73 Å². The molecule has 2 atom stereocenters. The second-order valence-electron chi connectivity index (χ2n) is 3.84. The number of aliphatic carboxylic acids is 1. The number of hydrogen-bond acceptors (Lipinski definition) is 3. The summed E-state index contributed by atoms with van der Waals surface area (Å²) in [7, 11) is 0. The second kappa shape index (κ2) is 4.42. The highest BCUT2D eigenvalue weighted by atomic mass is 16.4. The molecule has 0 saturated heterocycles. The minimum atomic E-state index is -1.44. The number of nitrogens with two attached hydrogens (primary N) is 1. The molecule has 1 aromatic rings. The zero-order valence-corrected chi connectivity index (χ0v) is 8.55. The van der Waals surface area contributed by atoms with Crippen molar-refractivity contribution in [1.29, 1.82) is 0 Å². The molecular weight excluding hydrogens is 194 g/mol. The van der Waals surface area contributed by atoms with Crippen LogP contribution in [0.4, 0.5) is 0 Å². The van der Waals surface area contributed by atoms with Crippen molar-refractivity contribution in [3.8, 4) is 0 Å². The number of carboxylic acids is 1. The van der Waals surface area contributed by atoms with Crippen LogP contribution in [0.25, 0.3) is 0 Å². The molecule has 4 nitrogen and oxygen atoms in total. The van der Waals surface area contributed by atoms with Gasteiger partial charge in [-0.3, -0.25) is 4.79 Å². The van der Waals surface area contributed by atoms with Crippen molar-refractivity contribution >= 4 is 5.97 Å². The van der Waals surface area contributed by atoms with Crippen molar-refractivity contribution in [2.75, 3.05) is 0 Å². The topological polar surface area (TPSA) is 83.5 Å². The highest BCUT2D eigenvalue weighted by molar-refractivity contribution is 5.74. The maximum absolute atomic E-state index is 10.7. The lowest BCUT2D eigenvalue weighted by molar-refractivity contribution is -0.144. The van der Waals surface area contributed by atoms with E-state index in [1.54, 1.807) is 0 Å². The first-order valence-electron chi connectivity index (χ1n) is 4.68. The molecule has 82 valence electrons. The van der Waals surface area contributed by atoms with Gasteiger partial charge in [0.1, 0.15) is 6.04 Å². The Labute approximate surface area is 88.3 Å². The van der Waals surface area contributed by atoms with Crippen molar-refractivity contribution in [3.63, 3.8) is 0 Å². The van der Waals surface area contributed by atoms with E-state index in [0.717, 1.165) is 5.56 Å². The predicted octanol–water partition coefficient (Wildman–Crippen LogP) is 0.392. The molecule has 0 aliphatic heterocycles. The van der Waals surface area contributed by atoms with E-state index < -0.39 is 17.6 Å². The standard InChI is InChI=1S/C11H15NO3/c1-11(15,9(12)10(13)14)7-8-5-3-2-4-6-8/h2-6,9,15H,7,12H2,1H3,(H,13,14)/t9-,11?/m1/s1. The molecule has 0 spiro atoms. The Kier molecular flexibility index (Phi) is 3.44. The van der Waals surface area contributed by atoms with Gasteiger partial charge in [-0.05, 0) is 12.5 Å². The summed E-state index contributed by atoms with van der Waals surface area (Å²) in [5, 5.41) is 18.6. The third kappa shape index (κ3) is 3.04. The highest BCUT2D eigenvalue weighted by Gasteiger charge is 2.34. The lowest BCUT2D eigenvalue weighted by Gasteiger charge is -2.27. The molecule has 1 aromatic carbocycles. The number of carbonyl (C=O) groups is 1. The fourth-order valence-electron chi connectivity index (χ4n) is 1.39. The molecule has 0 heterocycles. The Morgan fingerprint density at radius 2 is 2.00 bits per heavy atom. The minimum absolute atomic E-state index is 0.224. The van der Waals surface area contributed by atoms with Gasteiger partial charge in [0, 0.05) is 6.42 Å². The maximum atomic E-state index is 10.7. The Morgan fingerprint density at radius 1 is 1.47 bits per heavy atom. The summed E-state index contributed by atoms with van der Waals surface area (Å²) < 4.78 is 0. The second-order valence-corrected chi connectivity index (χ2v) is 3.84. The molecule has 0 fully saturated rings. The number of benzene rings is 1. The van der Waals surface area contributed by atoms with E-state index in [9.17, 15) is 9.90 Å². The summed E-state index contributed by atoms with van der Waals surface area (Å²) in [6.07, 6.45) is 0.224. The molecule has 0 bridgehead atoms. The average Bonchev–Trinajstić information content (AvgIpc) is 2.17. The van der Waals surface area contributed by atoms with Gasteiger partial charge in [-0.15, -0.1) is 0 Å². The maximum Gasteiger partial charge on any atom is 0.323 e. The number of hydrogen-bond donors (Lipinski definition) is 3. The van der Waals surface area contributed by atoms with Crippen LogP contribution in [0.15, 0.2) is 30.3 Å². The zero-order chi connectivity index (χ0) is 11.5. The molecule has 0 aromatic heterocycles. The first-order valence-corrected chi connectivity index (χ1v) is 4.68.